The maximum atomic E-state index is 12.6. The third-order valence-electron chi connectivity index (χ3n) is 5.74. The smallest absolute Gasteiger partial charge is 0.341 e. The number of anilines is 1. The van der Waals surface area contributed by atoms with Crippen LogP contribution in [0.25, 0.3) is 0 Å². The molecule has 0 unspecified atom stereocenters. The molecule has 1 aliphatic heterocycles. The van der Waals surface area contributed by atoms with Crippen molar-refractivity contribution in [1.82, 2.24) is 0 Å². The van der Waals surface area contributed by atoms with E-state index in [1.54, 1.807) is 11.3 Å². The Balaban J connectivity index is 1.79. The summed E-state index contributed by atoms with van der Waals surface area (Å²) in [6.45, 7) is 10.3. The summed E-state index contributed by atoms with van der Waals surface area (Å²) in [6.07, 6.45) is 2.88. The van der Waals surface area contributed by atoms with Crippen molar-refractivity contribution >= 4 is 28.2 Å². The first-order valence-electron chi connectivity index (χ1n) is 9.73. The van der Waals surface area contributed by atoms with Crippen LogP contribution in [0.5, 0.6) is 0 Å². The number of rotatable bonds is 4. The predicted octanol–water partition coefficient (Wildman–Crippen LogP) is 1.54. The van der Waals surface area contributed by atoms with E-state index >= 15 is 0 Å². The fourth-order valence-electron chi connectivity index (χ4n) is 3.97. The van der Waals surface area contributed by atoms with Gasteiger partial charge in [-0.25, -0.2) is 4.79 Å². The number of ether oxygens (including phenoxy) is 2. The minimum atomic E-state index is -0.351. The van der Waals surface area contributed by atoms with E-state index in [0.717, 1.165) is 37.9 Å². The summed E-state index contributed by atoms with van der Waals surface area (Å²) in [6, 6.07) is 0. The van der Waals surface area contributed by atoms with Crippen LogP contribution in [0.3, 0.4) is 0 Å². The number of quaternary nitrogens is 1. The summed E-state index contributed by atoms with van der Waals surface area (Å²) in [4.78, 5) is 27.4. The van der Waals surface area contributed by atoms with E-state index in [2.05, 4.69) is 26.1 Å². The second kappa shape index (κ2) is 8.29. The van der Waals surface area contributed by atoms with Gasteiger partial charge in [0.15, 0.2) is 6.54 Å². The molecule has 1 fully saturated rings. The van der Waals surface area contributed by atoms with Gasteiger partial charge in [-0.15, -0.1) is 11.3 Å². The highest BCUT2D eigenvalue weighted by atomic mass is 32.1. The molecule has 6 nitrogen and oxygen atoms in total. The number of thiophene rings is 1. The SMILES string of the molecule is COC(=O)c1c(NC(=O)C[NH+]2CCOCC2)sc2c1CC[C@@H](C(C)(C)C)C2. The van der Waals surface area contributed by atoms with E-state index < -0.39 is 0 Å². The number of nitrogens with one attached hydrogen (secondary N) is 2. The van der Waals surface area contributed by atoms with Gasteiger partial charge in [0.05, 0.1) is 25.9 Å². The highest BCUT2D eigenvalue weighted by Crippen LogP contribution is 2.44. The zero-order valence-corrected chi connectivity index (χ0v) is 17.6. The van der Waals surface area contributed by atoms with Crippen molar-refractivity contribution < 1.29 is 24.0 Å². The number of amides is 1. The molecule has 1 atom stereocenters. The van der Waals surface area contributed by atoms with Gasteiger partial charge in [-0.3, -0.25) is 4.79 Å². The molecule has 0 aromatic carbocycles. The number of hydrogen-bond acceptors (Lipinski definition) is 5. The van der Waals surface area contributed by atoms with Crippen molar-refractivity contribution in [3.05, 3.63) is 16.0 Å². The standard InChI is InChI=1S/C20H30N2O4S/c1-20(2,3)13-5-6-14-15(11-13)27-18(17(14)19(24)25-4)21-16(23)12-22-7-9-26-10-8-22/h13H,5-12H2,1-4H3,(H,21,23)/p+1/t13-/m1/s1. The van der Waals surface area contributed by atoms with Crippen molar-refractivity contribution in [3.8, 4) is 0 Å². The second-order valence-electron chi connectivity index (χ2n) is 8.59. The molecule has 0 bridgehead atoms. The first-order valence-corrected chi connectivity index (χ1v) is 10.5. The topological polar surface area (TPSA) is 69.1 Å². The molecular weight excluding hydrogens is 364 g/mol. The number of carbonyl (C=O) groups is 2. The zero-order valence-electron chi connectivity index (χ0n) is 16.8. The normalized spacial score (nSPS) is 20.8. The summed E-state index contributed by atoms with van der Waals surface area (Å²) in [5.74, 6) is 0.175. The largest absolute Gasteiger partial charge is 0.465 e. The van der Waals surface area contributed by atoms with Gasteiger partial charge in [0.25, 0.3) is 5.91 Å². The van der Waals surface area contributed by atoms with Crippen LogP contribution in [0.2, 0.25) is 0 Å². The highest BCUT2D eigenvalue weighted by Gasteiger charge is 2.34. The lowest BCUT2D eigenvalue weighted by molar-refractivity contribution is -0.899. The molecule has 7 heteroatoms. The van der Waals surface area contributed by atoms with Crippen LogP contribution in [0.1, 0.15) is 48.0 Å². The second-order valence-corrected chi connectivity index (χ2v) is 9.70. The lowest BCUT2D eigenvalue weighted by atomic mass is 9.72. The third kappa shape index (κ3) is 4.70. The molecule has 1 aromatic heterocycles. The fraction of sp³-hybridized carbons (Fsp3) is 0.700. The number of carbonyl (C=O) groups excluding carboxylic acids is 2. The van der Waals surface area contributed by atoms with Crippen molar-refractivity contribution in [2.45, 2.75) is 40.0 Å². The molecule has 0 saturated carbocycles. The Bertz CT molecular complexity index is 702. The minimum Gasteiger partial charge on any atom is -0.465 e. The summed E-state index contributed by atoms with van der Waals surface area (Å²) >= 11 is 1.55. The average Bonchev–Trinajstić information content (AvgIpc) is 2.97. The van der Waals surface area contributed by atoms with Crippen LogP contribution in [0.15, 0.2) is 0 Å². The summed E-state index contributed by atoms with van der Waals surface area (Å²) in [5.41, 5.74) is 1.87. The van der Waals surface area contributed by atoms with Gasteiger partial charge in [-0.05, 0) is 36.2 Å². The first-order chi connectivity index (χ1) is 12.8. The predicted molar refractivity (Wildman–Crippen MR) is 106 cm³/mol. The first kappa shape index (κ1) is 20.3. The van der Waals surface area contributed by atoms with E-state index in [4.69, 9.17) is 9.47 Å². The monoisotopic (exact) mass is 395 g/mol. The molecule has 1 amide bonds. The number of esters is 1. The summed E-state index contributed by atoms with van der Waals surface area (Å²) in [5, 5.41) is 3.65. The molecule has 150 valence electrons. The molecular formula is C20H31N2O4S+. The third-order valence-corrected chi connectivity index (χ3v) is 6.91. The van der Waals surface area contributed by atoms with Gasteiger partial charge in [0.2, 0.25) is 0 Å². The van der Waals surface area contributed by atoms with Gasteiger partial charge in [-0.1, -0.05) is 20.8 Å². The van der Waals surface area contributed by atoms with Gasteiger partial charge in [-0.2, -0.15) is 0 Å². The molecule has 3 rings (SSSR count). The van der Waals surface area contributed by atoms with Gasteiger partial charge in [0.1, 0.15) is 18.1 Å². The Labute approximate surface area is 165 Å². The van der Waals surface area contributed by atoms with Crippen LogP contribution in [-0.4, -0.2) is 51.8 Å². The molecule has 0 radical (unpaired) electrons. The molecule has 1 aromatic rings. The van der Waals surface area contributed by atoms with Gasteiger partial charge < -0.3 is 19.7 Å². The van der Waals surface area contributed by atoms with Crippen LogP contribution in [0, 0.1) is 11.3 Å². The summed E-state index contributed by atoms with van der Waals surface area (Å²) < 4.78 is 10.4. The number of fused-ring (bicyclic) bond motifs is 1. The van der Waals surface area contributed by atoms with E-state index in [-0.39, 0.29) is 17.3 Å². The van der Waals surface area contributed by atoms with E-state index in [0.29, 0.717) is 36.2 Å². The van der Waals surface area contributed by atoms with Crippen LogP contribution < -0.4 is 10.2 Å². The quantitative estimate of drug-likeness (QED) is 0.759. The number of methoxy groups -OCH3 is 1. The summed E-state index contributed by atoms with van der Waals surface area (Å²) in [7, 11) is 1.40. The van der Waals surface area contributed by atoms with Gasteiger partial charge >= 0.3 is 5.97 Å². The Morgan fingerprint density at radius 2 is 2.00 bits per heavy atom. The van der Waals surface area contributed by atoms with Crippen molar-refractivity contribution in [2.24, 2.45) is 11.3 Å². The number of morpholine rings is 1. The van der Waals surface area contributed by atoms with E-state index in [9.17, 15) is 9.59 Å². The molecule has 1 aliphatic carbocycles. The molecule has 2 N–H and O–H groups in total. The molecule has 0 spiro atoms. The number of hydrogen-bond donors (Lipinski definition) is 2. The average molecular weight is 396 g/mol. The van der Waals surface area contributed by atoms with Crippen LogP contribution in [0.4, 0.5) is 5.00 Å². The molecule has 2 aliphatic rings. The minimum absolute atomic E-state index is 0.0528. The lowest BCUT2D eigenvalue weighted by Crippen LogP contribution is -3.15. The molecule has 27 heavy (non-hydrogen) atoms. The van der Waals surface area contributed by atoms with Crippen molar-refractivity contribution in [1.29, 1.82) is 0 Å². The van der Waals surface area contributed by atoms with Crippen LogP contribution >= 0.6 is 11.3 Å². The lowest BCUT2D eigenvalue weighted by Gasteiger charge is -2.33. The van der Waals surface area contributed by atoms with Crippen molar-refractivity contribution in [2.75, 3.05) is 45.3 Å². The van der Waals surface area contributed by atoms with Crippen molar-refractivity contribution in [3.63, 3.8) is 0 Å². The van der Waals surface area contributed by atoms with E-state index in [1.165, 1.54) is 16.9 Å². The fourth-order valence-corrected chi connectivity index (χ4v) is 5.30. The maximum absolute atomic E-state index is 12.6. The van der Waals surface area contributed by atoms with Gasteiger partial charge in [0, 0.05) is 4.88 Å². The Morgan fingerprint density at radius 3 is 2.63 bits per heavy atom. The Kier molecular flexibility index (Phi) is 6.23. The zero-order chi connectivity index (χ0) is 19.6. The van der Waals surface area contributed by atoms with E-state index in [1.807, 2.05) is 0 Å². The Morgan fingerprint density at radius 1 is 1.30 bits per heavy atom. The highest BCUT2D eigenvalue weighted by molar-refractivity contribution is 7.17. The molecule has 1 saturated heterocycles. The molecule has 2 heterocycles. The maximum Gasteiger partial charge on any atom is 0.341 e. The Hall–Kier alpha value is -1.44. The van der Waals surface area contributed by atoms with Crippen LogP contribution in [-0.2, 0) is 27.1 Å².